The Bertz CT molecular complexity index is 455. The molecule has 2 N–H and O–H groups in total. The van der Waals surface area contributed by atoms with Crippen LogP contribution >= 0.6 is 0 Å². The number of hydrogen-bond acceptors (Lipinski definition) is 1. The number of benzene rings is 2. The molecule has 0 aliphatic carbocycles. The minimum Gasteiger partial charge on any atom is -0.326 e. The molecular weight excluding hydrogens is 194 g/mol. The van der Waals surface area contributed by atoms with E-state index in [1.54, 1.807) is 0 Å². The molecule has 0 fully saturated rings. The Morgan fingerprint density at radius 1 is 0.750 bits per heavy atom. The van der Waals surface area contributed by atoms with Gasteiger partial charge in [-0.3, -0.25) is 0 Å². The van der Waals surface area contributed by atoms with Crippen LogP contribution in [0.2, 0.25) is 0 Å². The lowest BCUT2D eigenvalue weighted by atomic mass is 10.1. The highest BCUT2D eigenvalue weighted by Crippen LogP contribution is 2.09. The van der Waals surface area contributed by atoms with Crippen molar-refractivity contribution in [2.75, 3.05) is 0 Å². The van der Waals surface area contributed by atoms with Crippen LogP contribution in [0.4, 0.5) is 0 Å². The van der Waals surface area contributed by atoms with E-state index in [0.717, 1.165) is 5.56 Å². The predicted octanol–water partition coefficient (Wildman–Crippen LogP) is 3.32. The number of hydrogen-bond donors (Lipinski definition) is 1. The molecule has 80 valence electrons. The van der Waals surface area contributed by atoms with E-state index >= 15 is 0 Å². The second kappa shape index (κ2) is 5.29. The molecular formula is C15H15N. The Hall–Kier alpha value is -1.86. The van der Waals surface area contributed by atoms with Crippen LogP contribution in [0.25, 0.3) is 12.2 Å². The second-order valence-corrected chi connectivity index (χ2v) is 3.69. The second-order valence-electron chi connectivity index (χ2n) is 3.69. The summed E-state index contributed by atoms with van der Waals surface area (Å²) in [6.07, 6.45) is 4.22. The highest BCUT2D eigenvalue weighted by Gasteiger charge is 1.89. The summed E-state index contributed by atoms with van der Waals surface area (Å²) >= 11 is 0. The molecule has 2 aromatic rings. The Labute approximate surface area is 96.2 Å². The molecule has 2 aromatic carbocycles. The van der Waals surface area contributed by atoms with Gasteiger partial charge in [-0.2, -0.15) is 0 Å². The van der Waals surface area contributed by atoms with Crippen molar-refractivity contribution in [1.82, 2.24) is 0 Å². The van der Waals surface area contributed by atoms with Crippen molar-refractivity contribution in [3.8, 4) is 0 Å². The first-order valence-corrected chi connectivity index (χ1v) is 5.40. The Morgan fingerprint density at radius 3 is 1.88 bits per heavy atom. The van der Waals surface area contributed by atoms with E-state index in [0.29, 0.717) is 6.54 Å². The van der Waals surface area contributed by atoms with E-state index in [1.165, 1.54) is 11.1 Å². The number of rotatable bonds is 3. The fourth-order valence-electron chi connectivity index (χ4n) is 1.52. The lowest BCUT2D eigenvalue weighted by Gasteiger charge is -1.97. The van der Waals surface area contributed by atoms with Gasteiger partial charge in [-0.15, -0.1) is 0 Å². The van der Waals surface area contributed by atoms with Gasteiger partial charge in [0.2, 0.25) is 0 Å². The summed E-state index contributed by atoms with van der Waals surface area (Å²) in [6.45, 7) is 0.600. The summed E-state index contributed by atoms with van der Waals surface area (Å²) in [6, 6.07) is 18.6. The highest BCUT2D eigenvalue weighted by molar-refractivity contribution is 5.69. The van der Waals surface area contributed by atoms with E-state index in [4.69, 9.17) is 5.73 Å². The maximum absolute atomic E-state index is 5.55. The molecule has 0 spiro atoms. The molecule has 0 aliphatic heterocycles. The van der Waals surface area contributed by atoms with Crippen LogP contribution in [-0.2, 0) is 6.54 Å². The Kier molecular flexibility index (Phi) is 3.52. The lowest BCUT2D eigenvalue weighted by Crippen LogP contribution is -1.94. The van der Waals surface area contributed by atoms with Gasteiger partial charge in [0.15, 0.2) is 0 Å². The fraction of sp³-hybridized carbons (Fsp3) is 0.0667. The van der Waals surface area contributed by atoms with Crippen molar-refractivity contribution in [3.63, 3.8) is 0 Å². The zero-order valence-corrected chi connectivity index (χ0v) is 9.14. The normalized spacial score (nSPS) is 10.8. The summed E-state index contributed by atoms with van der Waals surface area (Å²) in [5.41, 5.74) is 9.12. The lowest BCUT2D eigenvalue weighted by molar-refractivity contribution is 1.07. The van der Waals surface area contributed by atoms with E-state index < -0.39 is 0 Å². The predicted molar refractivity (Wildman–Crippen MR) is 69.7 cm³/mol. The molecule has 16 heavy (non-hydrogen) atoms. The summed E-state index contributed by atoms with van der Waals surface area (Å²) in [5.74, 6) is 0. The van der Waals surface area contributed by atoms with Crippen molar-refractivity contribution in [2.45, 2.75) is 6.54 Å². The fourth-order valence-corrected chi connectivity index (χ4v) is 1.52. The first-order valence-electron chi connectivity index (χ1n) is 5.40. The van der Waals surface area contributed by atoms with Crippen molar-refractivity contribution >= 4 is 12.2 Å². The molecule has 0 aliphatic rings. The molecule has 0 aromatic heterocycles. The third-order valence-electron chi connectivity index (χ3n) is 2.48. The summed E-state index contributed by atoms with van der Waals surface area (Å²) < 4.78 is 0. The Morgan fingerprint density at radius 2 is 1.31 bits per heavy atom. The average molecular weight is 209 g/mol. The molecule has 1 nitrogen and oxygen atoms in total. The maximum Gasteiger partial charge on any atom is 0.0178 e. The van der Waals surface area contributed by atoms with E-state index in [1.807, 2.05) is 18.2 Å². The van der Waals surface area contributed by atoms with Gasteiger partial charge in [0.1, 0.15) is 0 Å². The van der Waals surface area contributed by atoms with Crippen LogP contribution < -0.4 is 5.73 Å². The quantitative estimate of drug-likeness (QED) is 0.771. The molecule has 0 radical (unpaired) electrons. The third kappa shape index (κ3) is 2.81. The molecule has 2 rings (SSSR count). The van der Waals surface area contributed by atoms with Crippen LogP contribution in [0, 0.1) is 0 Å². The van der Waals surface area contributed by atoms with Crippen LogP contribution in [-0.4, -0.2) is 0 Å². The van der Waals surface area contributed by atoms with E-state index in [-0.39, 0.29) is 0 Å². The molecule has 0 heterocycles. The largest absolute Gasteiger partial charge is 0.326 e. The molecule has 0 saturated carbocycles. The van der Waals surface area contributed by atoms with Gasteiger partial charge in [0.05, 0.1) is 0 Å². The smallest absolute Gasteiger partial charge is 0.0178 e. The molecule has 0 saturated heterocycles. The van der Waals surface area contributed by atoms with Crippen molar-refractivity contribution in [3.05, 3.63) is 71.3 Å². The van der Waals surface area contributed by atoms with Crippen molar-refractivity contribution in [1.29, 1.82) is 0 Å². The van der Waals surface area contributed by atoms with Crippen LogP contribution in [0.5, 0.6) is 0 Å². The summed E-state index contributed by atoms with van der Waals surface area (Å²) in [7, 11) is 0. The molecule has 1 heteroatoms. The molecule has 0 amide bonds. The minimum atomic E-state index is 0.600. The van der Waals surface area contributed by atoms with Gasteiger partial charge in [-0.25, -0.2) is 0 Å². The van der Waals surface area contributed by atoms with Crippen LogP contribution in [0.15, 0.2) is 54.6 Å². The van der Waals surface area contributed by atoms with Gasteiger partial charge in [-0.05, 0) is 16.7 Å². The highest BCUT2D eigenvalue weighted by atomic mass is 14.5. The third-order valence-corrected chi connectivity index (χ3v) is 2.48. The SMILES string of the molecule is NCc1ccc(/C=C/c2ccccc2)cc1. The first-order chi connectivity index (χ1) is 7.88. The maximum atomic E-state index is 5.55. The van der Waals surface area contributed by atoms with Gasteiger partial charge in [0.25, 0.3) is 0 Å². The molecule has 0 unspecified atom stereocenters. The average Bonchev–Trinajstić information content (AvgIpc) is 2.38. The van der Waals surface area contributed by atoms with Crippen LogP contribution in [0.1, 0.15) is 16.7 Å². The van der Waals surface area contributed by atoms with Crippen LogP contribution in [0.3, 0.4) is 0 Å². The van der Waals surface area contributed by atoms with Crippen molar-refractivity contribution < 1.29 is 0 Å². The van der Waals surface area contributed by atoms with Gasteiger partial charge >= 0.3 is 0 Å². The monoisotopic (exact) mass is 209 g/mol. The Balaban J connectivity index is 2.12. The molecule has 0 bridgehead atoms. The van der Waals surface area contributed by atoms with Gasteiger partial charge in [-0.1, -0.05) is 66.7 Å². The summed E-state index contributed by atoms with van der Waals surface area (Å²) in [5, 5.41) is 0. The number of nitrogens with two attached hydrogens (primary N) is 1. The van der Waals surface area contributed by atoms with Gasteiger partial charge < -0.3 is 5.73 Å². The zero-order valence-electron chi connectivity index (χ0n) is 9.14. The van der Waals surface area contributed by atoms with Crippen molar-refractivity contribution in [2.24, 2.45) is 5.73 Å². The summed E-state index contributed by atoms with van der Waals surface area (Å²) in [4.78, 5) is 0. The zero-order chi connectivity index (χ0) is 11.2. The van der Waals surface area contributed by atoms with E-state index in [2.05, 4.69) is 48.6 Å². The van der Waals surface area contributed by atoms with E-state index in [9.17, 15) is 0 Å². The molecule has 0 atom stereocenters. The first kappa shape index (κ1) is 10.7. The van der Waals surface area contributed by atoms with Gasteiger partial charge in [0, 0.05) is 6.54 Å². The standard InChI is InChI=1S/C15H15N/c16-12-15-10-8-14(9-11-15)7-6-13-4-2-1-3-5-13/h1-11H,12,16H2/b7-6+. The topological polar surface area (TPSA) is 26.0 Å². The minimum absolute atomic E-state index is 0.600.